The van der Waals surface area contributed by atoms with Crippen LogP contribution in [0, 0.1) is 11.8 Å². The summed E-state index contributed by atoms with van der Waals surface area (Å²) in [6.07, 6.45) is 7.63. The van der Waals surface area contributed by atoms with Crippen molar-refractivity contribution >= 4 is 5.78 Å². The zero-order valence-electron chi connectivity index (χ0n) is 11.1. The maximum Gasteiger partial charge on any atom is 0.141 e. The lowest BCUT2D eigenvalue weighted by Crippen LogP contribution is -2.10. The Morgan fingerprint density at radius 3 is 2.44 bits per heavy atom. The molecule has 2 atom stereocenters. The van der Waals surface area contributed by atoms with Gasteiger partial charge in [0.15, 0.2) is 0 Å². The van der Waals surface area contributed by atoms with Crippen LogP contribution in [0.1, 0.15) is 25.8 Å². The van der Waals surface area contributed by atoms with Gasteiger partial charge in [-0.25, -0.2) is 0 Å². The molecule has 1 aromatic rings. The predicted molar refractivity (Wildman–Crippen MR) is 75.3 cm³/mol. The van der Waals surface area contributed by atoms with E-state index in [0.717, 1.165) is 5.56 Å². The molecule has 1 aliphatic carbocycles. The van der Waals surface area contributed by atoms with E-state index in [-0.39, 0.29) is 0 Å². The summed E-state index contributed by atoms with van der Waals surface area (Å²) in [6.45, 7) is 4.41. The number of benzene rings is 1. The van der Waals surface area contributed by atoms with Crippen LogP contribution in [0.25, 0.3) is 0 Å². The van der Waals surface area contributed by atoms with E-state index in [4.69, 9.17) is 0 Å². The van der Waals surface area contributed by atoms with Gasteiger partial charge in [-0.05, 0) is 23.0 Å². The van der Waals surface area contributed by atoms with Crippen molar-refractivity contribution in [1.82, 2.24) is 0 Å². The first-order valence-electron chi connectivity index (χ1n) is 6.59. The number of ketones is 1. The van der Waals surface area contributed by atoms with Crippen molar-refractivity contribution in [1.29, 1.82) is 0 Å². The topological polar surface area (TPSA) is 17.1 Å². The third-order valence-corrected chi connectivity index (χ3v) is 3.57. The summed E-state index contributed by atoms with van der Waals surface area (Å²) in [6, 6.07) is 9.95. The van der Waals surface area contributed by atoms with Gasteiger partial charge in [-0.1, -0.05) is 62.4 Å². The molecule has 2 rings (SSSR count). The summed E-state index contributed by atoms with van der Waals surface area (Å²) in [5.41, 5.74) is 2.27. The molecule has 0 saturated heterocycles. The first-order chi connectivity index (χ1) is 8.65. The summed E-state index contributed by atoms with van der Waals surface area (Å²) in [5.74, 6) is 1.41. The monoisotopic (exact) mass is 240 g/mol. The van der Waals surface area contributed by atoms with E-state index in [2.05, 4.69) is 32.1 Å². The zero-order chi connectivity index (χ0) is 13.0. The Hall–Kier alpha value is -1.63. The van der Waals surface area contributed by atoms with Gasteiger partial charge in [-0.2, -0.15) is 0 Å². The molecule has 94 valence electrons. The molecule has 0 aromatic heterocycles. The lowest BCUT2D eigenvalue weighted by Gasteiger charge is -2.18. The van der Waals surface area contributed by atoms with Gasteiger partial charge in [0.05, 0.1) is 0 Å². The quantitative estimate of drug-likeness (QED) is 0.778. The number of carbonyl (C=O) groups is 1. The van der Waals surface area contributed by atoms with E-state index < -0.39 is 0 Å². The van der Waals surface area contributed by atoms with E-state index >= 15 is 0 Å². The number of rotatable bonds is 4. The number of carbonyl (C=O) groups excluding carboxylic acids is 1. The van der Waals surface area contributed by atoms with Crippen LogP contribution in [0.3, 0.4) is 0 Å². The zero-order valence-corrected chi connectivity index (χ0v) is 11.1. The molecule has 0 saturated carbocycles. The highest BCUT2D eigenvalue weighted by atomic mass is 16.1. The van der Waals surface area contributed by atoms with E-state index in [0.29, 0.717) is 30.5 Å². The Morgan fingerprint density at radius 2 is 1.78 bits per heavy atom. The average molecular weight is 240 g/mol. The number of allylic oxidation sites excluding steroid dienone is 4. The van der Waals surface area contributed by atoms with Crippen molar-refractivity contribution in [3.63, 3.8) is 0 Å². The fraction of sp³-hybridized carbons (Fsp3) is 0.353. The lowest BCUT2D eigenvalue weighted by molar-refractivity contribution is -0.117. The maximum atomic E-state index is 12.0. The average Bonchev–Trinajstić information content (AvgIpc) is 2.35. The Balaban J connectivity index is 1.93. The third-order valence-electron chi connectivity index (χ3n) is 3.57. The third kappa shape index (κ3) is 3.43. The molecule has 0 bridgehead atoms. The molecule has 0 aliphatic heterocycles. The largest absolute Gasteiger partial charge is 0.299 e. The van der Waals surface area contributed by atoms with E-state index in [1.807, 2.05) is 30.3 Å². The molecule has 2 unspecified atom stereocenters. The van der Waals surface area contributed by atoms with Crippen molar-refractivity contribution in [3.8, 4) is 0 Å². The van der Waals surface area contributed by atoms with Gasteiger partial charge in [-0.15, -0.1) is 0 Å². The lowest BCUT2D eigenvalue weighted by atomic mass is 9.87. The van der Waals surface area contributed by atoms with Crippen LogP contribution in [-0.2, 0) is 11.2 Å². The van der Waals surface area contributed by atoms with Crippen LogP contribution in [0.2, 0.25) is 0 Å². The second-order valence-electron chi connectivity index (χ2n) is 5.20. The van der Waals surface area contributed by atoms with E-state index in [1.165, 1.54) is 5.57 Å². The Kier molecular flexibility index (Phi) is 4.14. The molecular weight excluding hydrogens is 220 g/mol. The molecule has 0 radical (unpaired) electrons. The second kappa shape index (κ2) is 5.81. The van der Waals surface area contributed by atoms with Gasteiger partial charge in [0.1, 0.15) is 5.78 Å². The predicted octanol–water partition coefficient (Wildman–Crippen LogP) is 3.96. The molecule has 0 heterocycles. The molecule has 0 spiro atoms. The van der Waals surface area contributed by atoms with Crippen LogP contribution in [0.4, 0.5) is 0 Å². The van der Waals surface area contributed by atoms with Gasteiger partial charge in [-0.3, -0.25) is 4.79 Å². The molecule has 0 N–H and O–H groups in total. The first kappa shape index (κ1) is 12.8. The number of Topliss-reactive ketones (excluding diaryl/α,β-unsaturated/α-hetero) is 1. The fourth-order valence-corrected chi connectivity index (χ4v) is 2.23. The van der Waals surface area contributed by atoms with E-state index in [1.54, 1.807) is 0 Å². The van der Waals surface area contributed by atoms with Gasteiger partial charge in [0.2, 0.25) is 0 Å². The van der Waals surface area contributed by atoms with E-state index in [9.17, 15) is 4.79 Å². The highest BCUT2D eigenvalue weighted by molar-refractivity contribution is 5.83. The molecular formula is C17H20O. The van der Waals surface area contributed by atoms with Crippen LogP contribution in [-0.4, -0.2) is 5.78 Å². The van der Waals surface area contributed by atoms with Crippen LogP contribution in [0.15, 0.2) is 54.1 Å². The SMILES string of the molecule is CC1C=CC(CC(=O)Cc2ccccc2)=CC1C. The summed E-state index contributed by atoms with van der Waals surface area (Å²) in [4.78, 5) is 12.0. The molecule has 1 aromatic carbocycles. The maximum absolute atomic E-state index is 12.0. The van der Waals surface area contributed by atoms with Crippen molar-refractivity contribution < 1.29 is 4.79 Å². The van der Waals surface area contributed by atoms with Crippen molar-refractivity contribution in [2.75, 3.05) is 0 Å². The van der Waals surface area contributed by atoms with Gasteiger partial charge in [0, 0.05) is 12.8 Å². The van der Waals surface area contributed by atoms with Crippen molar-refractivity contribution in [2.24, 2.45) is 11.8 Å². The molecule has 0 fully saturated rings. The molecule has 1 aliphatic rings. The number of hydrogen-bond acceptors (Lipinski definition) is 1. The van der Waals surface area contributed by atoms with Crippen molar-refractivity contribution in [3.05, 3.63) is 59.7 Å². The Bertz CT molecular complexity index is 468. The Morgan fingerprint density at radius 1 is 1.06 bits per heavy atom. The van der Waals surface area contributed by atoms with Crippen LogP contribution < -0.4 is 0 Å². The molecule has 1 heteroatoms. The van der Waals surface area contributed by atoms with Gasteiger partial charge in [0.25, 0.3) is 0 Å². The molecule has 18 heavy (non-hydrogen) atoms. The van der Waals surface area contributed by atoms with Crippen LogP contribution >= 0.6 is 0 Å². The smallest absolute Gasteiger partial charge is 0.141 e. The van der Waals surface area contributed by atoms with Gasteiger partial charge < -0.3 is 0 Å². The summed E-state index contributed by atoms with van der Waals surface area (Å²) in [5, 5.41) is 0. The second-order valence-corrected chi connectivity index (χ2v) is 5.20. The number of hydrogen-bond donors (Lipinski definition) is 0. The Labute approximate surface area is 109 Å². The highest BCUT2D eigenvalue weighted by Gasteiger charge is 2.14. The first-order valence-corrected chi connectivity index (χ1v) is 6.59. The molecule has 1 nitrogen and oxygen atoms in total. The summed E-state index contributed by atoms with van der Waals surface area (Å²) >= 11 is 0. The fourth-order valence-electron chi connectivity index (χ4n) is 2.23. The summed E-state index contributed by atoms with van der Waals surface area (Å²) < 4.78 is 0. The minimum Gasteiger partial charge on any atom is -0.299 e. The summed E-state index contributed by atoms with van der Waals surface area (Å²) in [7, 11) is 0. The minimum absolute atomic E-state index is 0.291. The molecule has 0 amide bonds. The van der Waals surface area contributed by atoms with Gasteiger partial charge >= 0.3 is 0 Å². The normalized spacial score (nSPS) is 22.7. The standard InChI is InChI=1S/C17H20O/c1-13-8-9-16(10-14(13)2)12-17(18)11-15-6-4-3-5-7-15/h3-10,13-14H,11-12H2,1-2H3. The van der Waals surface area contributed by atoms with Crippen LogP contribution in [0.5, 0.6) is 0 Å². The highest BCUT2D eigenvalue weighted by Crippen LogP contribution is 2.24. The van der Waals surface area contributed by atoms with Crippen molar-refractivity contribution in [2.45, 2.75) is 26.7 Å². The minimum atomic E-state index is 0.291.